The third-order valence-electron chi connectivity index (χ3n) is 3.69. The van der Waals surface area contributed by atoms with Crippen LogP contribution in [0.2, 0.25) is 0 Å². The van der Waals surface area contributed by atoms with E-state index in [9.17, 15) is 4.79 Å². The fourth-order valence-corrected chi connectivity index (χ4v) is 2.21. The molecular formula is C17H16O5. The number of ether oxygens (including phenoxy) is 4. The molecule has 2 unspecified atom stereocenters. The van der Waals surface area contributed by atoms with Crippen molar-refractivity contribution in [3.63, 3.8) is 0 Å². The topological polar surface area (TPSA) is 60.6 Å². The zero-order valence-corrected chi connectivity index (χ0v) is 12.0. The average Bonchev–Trinajstić information content (AvgIpc) is 3.44. The van der Waals surface area contributed by atoms with Crippen molar-refractivity contribution < 1.29 is 23.7 Å². The van der Waals surface area contributed by atoms with Crippen molar-refractivity contribution >= 4 is 16.7 Å². The molecular weight excluding hydrogens is 284 g/mol. The Balaban J connectivity index is 1.47. The van der Waals surface area contributed by atoms with E-state index in [4.69, 9.17) is 18.9 Å². The molecule has 0 aliphatic carbocycles. The molecule has 2 atom stereocenters. The van der Waals surface area contributed by atoms with Gasteiger partial charge in [-0.1, -0.05) is 12.1 Å². The maximum absolute atomic E-state index is 12.0. The van der Waals surface area contributed by atoms with E-state index in [0.29, 0.717) is 25.4 Å². The molecule has 5 nitrogen and oxygen atoms in total. The van der Waals surface area contributed by atoms with E-state index < -0.39 is 0 Å². The van der Waals surface area contributed by atoms with Crippen molar-refractivity contribution in [2.24, 2.45) is 0 Å². The molecule has 2 fully saturated rings. The highest BCUT2D eigenvalue weighted by atomic mass is 16.6. The Kier molecular flexibility index (Phi) is 3.44. The summed E-state index contributed by atoms with van der Waals surface area (Å²) in [6.07, 6.45) is 0.322. The number of rotatable bonds is 6. The van der Waals surface area contributed by atoms with Crippen LogP contribution in [-0.4, -0.2) is 44.6 Å². The summed E-state index contributed by atoms with van der Waals surface area (Å²) in [6.45, 7) is 2.37. The minimum Gasteiger partial charge on any atom is -0.491 e. The second kappa shape index (κ2) is 5.59. The summed E-state index contributed by atoms with van der Waals surface area (Å²) in [7, 11) is 0. The van der Waals surface area contributed by atoms with Gasteiger partial charge in [-0.05, 0) is 35.0 Å². The highest BCUT2D eigenvalue weighted by molar-refractivity contribution is 5.95. The molecule has 2 heterocycles. The highest BCUT2D eigenvalue weighted by Gasteiger charge is 2.24. The lowest BCUT2D eigenvalue weighted by molar-refractivity contribution is 0.0477. The second-order valence-electron chi connectivity index (χ2n) is 5.54. The Morgan fingerprint density at radius 3 is 2.45 bits per heavy atom. The second-order valence-corrected chi connectivity index (χ2v) is 5.54. The van der Waals surface area contributed by atoms with Crippen LogP contribution in [0, 0.1) is 0 Å². The third kappa shape index (κ3) is 3.21. The van der Waals surface area contributed by atoms with E-state index in [1.807, 2.05) is 30.3 Å². The van der Waals surface area contributed by atoms with Gasteiger partial charge >= 0.3 is 5.97 Å². The molecule has 2 aromatic carbocycles. The minimum atomic E-state index is -0.316. The molecule has 2 aromatic rings. The van der Waals surface area contributed by atoms with E-state index >= 15 is 0 Å². The first-order valence-corrected chi connectivity index (χ1v) is 7.35. The van der Waals surface area contributed by atoms with Crippen LogP contribution >= 0.6 is 0 Å². The summed E-state index contributed by atoms with van der Waals surface area (Å²) in [5.41, 5.74) is 0.549. The van der Waals surface area contributed by atoms with Gasteiger partial charge in [-0.2, -0.15) is 0 Å². The van der Waals surface area contributed by atoms with Gasteiger partial charge in [0.15, 0.2) is 0 Å². The van der Waals surface area contributed by atoms with E-state index in [1.165, 1.54) is 0 Å². The van der Waals surface area contributed by atoms with Crippen LogP contribution in [0.15, 0.2) is 36.4 Å². The Labute approximate surface area is 127 Å². The van der Waals surface area contributed by atoms with Gasteiger partial charge in [0.05, 0.1) is 18.8 Å². The SMILES string of the molecule is O=C(OCC1CO1)c1ccc2cc(OCC3CO3)ccc2c1. The number of hydrogen-bond acceptors (Lipinski definition) is 5. The monoisotopic (exact) mass is 300 g/mol. The first kappa shape index (κ1) is 13.5. The van der Waals surface area contributed by atoms with Crippen molar-refractivity contribution in [3.05, 3.63) is 42.0 Å². The average molecular weight is 300 g/mol. The lowest BCUT2D eigenvalue weighted by Crippen LogP contribution is -2.09. The van der Waals surface area contributed by atoms with Gasteiger partial charge in [-0.3, -0.25) is 0 Å². The number of carbonyl (C=O) groups is 1. The van der Waals surface area contributed by atoms with Gasteiger partial charge in [0.1, 0.15) is 31.2 Å². The molecule has 0 bridgehead atoms. The van der Waals surface area contributed by atoms with Crippen molar-refractivity contribution in [1.82, 2.24) is 0 Å². The maximum Gasteiger partial charge on any atom is 0.338 e. The summed E-state index contributed by atoms with van der Waals surface area (Å²) < 4.78 is 21.0. The summed E-state index contributed by atoms with van der Waals surface area (Å²) in [5, 5.41) is 2.00. The first-order chi connectivity index (χ1) is 10.8. The lowest BCUT2D eigenvalue weighted by atomic mass is 10.1. The Morgan fingerprint density at radius 2 is 1.68 bits per heavy atom. The van der Waals surface area contributed by atoms with E-state index in [1.54, 1.807) is 6.07 Å². The number of carbonyl (C=O) groups excluding carboxylic acids is 1. The highest BCUT2D eigenvalue weighted by Crippen LogP contribution is 2.23. The largest absolute Gasteiger partial charge is 0.491 e. The number of hydrogen-bond donors (Lipinski definition) is 0. The molecule has 0 radical (unpaired) electrons. The van der Waals surface area contributed by atoms with Crippen molar-refractivity contribution in [3.8, 4) is 5.75 Å². The predicted molar refractivity (Wildman–Crippen MR) is 79.2 cm³/mol. The standard InChI is InChI=1S/C17H16O5/c18-17(22-10-16-9-21-16)13-2-1-12-6-14(4-3-11(12)5-13)19-7-15-8-20-15/h1-6,15-16H,7-10H2. The molecule has 2 aliphatic heterocycles. The van der Waals surface area contributed by atoms with E-state index in [0.717, 1.165) is 23.1 Å². The fraction of sp³-hybridized carbons (Fsp3) is 0.353. The van der Waals surface area contributed by atoms with Crippen LogP contribution in [0.3, 0.4) is 0 Å². The Hall–Kier alpha value is -2.11. The molecule has 22 heavy (non-hydrogen) atoms. The zero-order valence-electron chi connectivity index (χ0n) is 12.0. The predicted octanol–water partition coefficient (Wildman–Crippen LogP) is 2.17. The quantitative estimate of drug-likeness (QED) is 0.604. The minimum absolute atomic E-state index is 0.0829. The normalized spacial score (nSPS) is 22.4. The summed E-state index contributed by atoms with van der Waals surface area (Å²) in [4.78, 5) is 12.0. The van der Waals surface area contributed by atoms with Gasteiger partial charge in [0.2, 0.25) is 0 Å². The number of fused-ring (bicyclic) bond motifs is 1. The molecule has 114 valence electrons. The van der Waals surface area contributed by atoms with Gasteiger partial charge in [-0.15, -0.1) is 0 Å². The number of epoxide rings is 2. The van der Waals surface area contributed by atoms with Gasteiger partial charge in [0, 0.05) is 0 Å². The van der Waals surface area contributed by atoms with Gasteiger partial charge in [0.25, 0.3) is 0 Å². The molecule has 4 rings (SSSR count). The summed E-state index contributed by atoms with van der Waals surface area (Å²) >= 11 is 0. The van der Waals surface area contributed by atoms with Gasteiger partial charge < -0.3 is 18.9 Å². The fourth-order valence-electron chi connectivity index (χ4n) is 2.21. The molecule has 0 amide bonds. The van der Waals surface area contributed by atoms with Crippen LogP contribution in [0.1, 0.15) is 10.4 Å². The maximum atomic E-state index is 12.0. The van der Waals surface area contributed by atoms with Crippen molar-refractivity contribution in [2.75, 3.05) is 26.4 Å². The molecule has 5 heteroatoms. The summed E-state index contributed by atoms with van der Waals surface area (Å²) in [6, 6.07) is 11.3. The smallest absolute Gasteiger partial charge is 0.338 e. The Morgan fingerprint density at radius 1 is 1.00 bits per heavy atom. The van der Waals surface area contributed by atoms with Gasteiger partial charge in [-0.25, -0.2) is 4.79 Å². The van der Waals surface area contributed by atoms with Crippen LogP contribution in [0.4, 0.5) is 0 Å². The molecule has 2 aliphatic rings. The lowest BCUT2D eigenvalue weighted by Gasteiger charge is -2.07. The Bertz CT molecular complexity index is 703. The van der Waals surface area contributed by atoms with Crippen molar-refractivity contribution in [2.45, 2.75) is 12.2 Å². The number of benzene rings is 2. The summed E-state index contributed by atoms with van der Waals surface area (Å²) in [5.74, 6) is 0.493. The van der Waals surface area contributed by atoms with Crippen molar-refractivity contribution in [1.29, 1.82) is 0 Å². The molecule has 0 aromatic heterocycles. The van der Waals surface area contributed by atoms with Crippen LogP contribution in [0.5, 0.6) is 5.75 Å². The van der Waals surface area contributed by atoms with Crippen LogP contribution in [0.25, 0.3) is 10.8 Å². The molecule has 2 saturated heterocycles. The first-order valence-electron chi connectivity index (χ1n) is 7.35. The van der Waals surface area contributed by atoms with Crippen LogP contribution in [-0.2, 0) is 14.2 Å². The van der Waals surface area contributed by atoms with E-state index in [-0.39, 0.29) is 18.2 Å². The third-order valence-corrected chi connectivity index (χ3v) is 3.69. The number of esters is 1. The molecule has 0 N–H and O–H groups in total. The van der Waals surface area contributed by atoms with E-state index in [2.05, 4.69) is 0 Å². The zero-order chi connectivity index (χ0) is 14.9. The molecule has 0 saturated carbocycles. The molecule has 0 spiro atoms. The van der Waals surface area contributed by atoms with Crippen LogP contribution < -0.4 is 4.74 Å².